The molecule has 6 rings (SSSR count). The smallest absolute Gasteiger partial charge is 0.274 e. The lowest BCUT2D eigenvalue weighted by Gasteiger charge is -2.44. The van der Waals surface area contributed by atoms with Crippen molar-refractivity contribution in [3.8, 4) is 5.75 Å². The van der Waals surface area contributed by atoms with E-state index in [4.69, 9.17) is 20.0 Å². The Morgan fingerprint density at radius 2 is 1.82 bits per heavy atom. The summed E-state index contributed by atoms with van der Waals surface area (Å²) < 4.78 is 56.3. The first-order valence-electron chi connectivity index (χ1n) is 14.2. The van der Waals surface area contributed by atoms with Crippen LogP contribution in [-0.2, 0) is 27.5 Å². The molecule has 3 aliphatic heterocycles. The van der Waals surface area contributed by atoms with Gasteiger partial charge < -0.3 is 24.7 Å². The van der Waals surface area contributed by atoms with E-state index in [1.165, 1.54) is 19.4 Å². The van der Waals surface area contributed by atoms with Crippen LogP contribution in [0.15, 0.2) is 59.5 Å². The third-order valence-corrected chi connectivity index (χ3v) is 8.88. The van der Waals surface area contributed by atoms with Crippen molar-refractivity contribution >= 4 is 11.8 Å². The maximum atomic E-state index is 14.7. The molecule has 2 amide bonds. The molecule has 1 spiro atoms. The summed E-state index contributed by atoms with van der Waals surface area (Å²) in [4.78, 5) is 48.4. The summed E-state index contributed by atoms with van der Waals surface area (Å²) in [6.45, 7) is 1.43. The van der Waals surface area contributed by atoms with Crippen molar-refractivity contribution in [1.82, 2.24) is 14.5 Å². The Bertz CT molecular complexity index is 1650. The number of hydroxylamine groups is 2. The van der Waals surface area contributed by atoms with E-state index in [0.717, 1.165) is 10.6 Å². The van der Waals surface area contributed by atoms with Gasteiger partial charge in [0.25, 0.3) is 5.91 Å². The Hall–Kier alpha value is -4.20. The molecule has 2 N–H and O–H groups in total. The molecule has 2 aromatic carbocycles. The standard InChI is InChI=1S/C31H31F3N4O6/c1-17-8-10-31(25(28(35)40)30(42-2)38(44-31)14-20-21(33)12-19(32)13-22(20)34)24-15-37(17)29(41)26-27(23(39)9-11-36(24)26)43-16-18-6-4-3-5-7-18/h3-7,9,11-13,17,24-25,30H,8,10,14-16H2,1-2H3,(H2,35,40)/t17-,24+,25?,30?,31+/m0/s1. The number of hydrogen-bond acceptors (Lipinski definition) is 7. The topological polar surface area (TPSA) is 116 Å². The Balaban J connectivity index is 1.47. The average Bonchev–Trinajstić information content (AvgIpc) is 3.25. The van der Waals surface area contributed by atoms with Crippen molar-refractivity contribution in [2.24, 2.45) is 11.7 Å². The van der Waals surface area contributed by atoms with Gasteiger partial charge in [0.15, 0.2) is 11.4 Å². The lowest BCUT2D eigenvalue weighted by atomic mass is 9.76. The van der Waals surface area contributed by atoms with Crippen molar-refractivity contribution in [3.63, 3.8) is 0 Å². The zero-order valence-corrected chi connectivity index (χ0v) is 24.0. The number of fused-ring (bicyclic) bond motifs is 5. The van der Waals surface area contributed by atoms with Gasteiger partial charge >= 0.3 is 0 Å². The molecule has 2 saturated heterocycles. The highest BCUT2D eigenvalue weighted by molar-refractivity contribution is 5.96. The fraction of sp³-hybridized carbons (Fsp3) is 0.387. The number of rotatable bonds is 7. The summed E-state index contributed by atoms with van der Waals surface area (Å²) >= 11 is 0. The second-order valence-corrected chi connectivity index (χ2v) is 11.4. The fourth-order valence-electron chi connectivity index (χ4n) is 6.73. The van der Waals surface area contributed by atoms with Crippen LogP contribution in [0.1, 0.15) is 47.4 Å². The second-order valence-electron chi connectivity index (χ2n) is 11.4. The van der Waals surface area contributed by atoms with Crippen molar-refractivity contribution < 1.29 is 37.1 Å². The van der Waals surface area contributed by atoms with Gasteiger partial charge in [0.05, 0.1) is 12.6 Å². The Morgan fingerprint density at radius 1 is 1.11 bits per heavy atom. The van der Waals surface area contributed by atoms with Gasteiger partial charge in [-0.15, -0.1) is 0 Å². The molecule has 2 bridgehead atoms. The van der Waals surface area contributed by atoms with E-state index in [0.29, 0.717) is 18.6 Å². The van der Waals surface area contributed by atoms with Gasteiger partial charge in [-0.2, -0.15) is 5.06 Å². The van der Waals surface area contributed by atoms with Gasteiger partial charge in [-0.1, -0.05) is 30.3 Å². The molecule has 44 heavy (non-hydrogen) atoms. The van der Waals surface area contributed by atoms with Crippen LogP contribution < -0.4 is 15.9 Å². The van der Waals surface area contributed by atoms with Crippen LogP contribution in [0, 0.1) is 23.4 Å². The number of primary amides is 1. The van der Waals surface area contributed by atoms with E-state index in [9.17, 15) is 27.6 Å². The van der Waals surface area contributed by atoms with Crippen molar-refractivity contribution in [1.29, 1.82) is 0 Å². The van der Waals surface area contributed by atoms with Crippen LogP contribution in [0.2, 0.25) is 0 Å². The third kappa shape index (κ3) is 4.84. The van der Waals surface area contributed by atoms with Crippen LogP contribution in [0.3, 0.4) is 0 Å². The lowest BCUT2D eigenvalue weighted by Crippen LogP contribution is -2.56. The van der Waals surface area contributed by atoms with Crippen molar-refractivity contribution in [2.45, 2.75) is 56.8 Å². The van der Waals surface area contributed by atoms with E-state index in [-0.39, 0.29) is 37.1 Å². The number of pyridine rings is 1. The number of methoxy groups -OCH3 is 1. The molecule has 3 aliphatic rings. The largest absolute Gasteiger partial charge is 0.483 e. The minimum Gasteiger partial charge on any atom is -0.483 e. The van der Waals surface area contributed by atoms with Crippen LogP contribution in [0.4, 0.5) is 13.2 Å². The summed E-state index contributed by atoms with van der Waals surface area (Å²) in [7, 11) is 1.31. The normalized spacial score (nSPS) is 26.5. The molecule has 0 aliphatic carbocycles. The molecule has 13 heteroatoms. The minimum absolute atomic E-state index is 0.00679. The number of ether oxygens (including phenoxy) is 2. The molecule has 0 radical (unpaired) electrons. The molecular weight excluding hydrogens is 581 g/mol. The number of aromatic nitrogens is 1. The highest BCUT2D eigenvalue weighted by atomic mass is 19.1. The number of carbonyl (C=O) groups is 2. The maximum absolute atomic E-state index is 14.7. The maximum Gasteiger partial charge on any atom is 0.274 e. The fourth-order valence-corrected chi connectivity index (χ4v) is 6.73. The molecule has 0 saturated carbocycles. The molecule has 232 valence electrons. The zero-order chi connectivity index (χ0) is 31.3. The molecule has 1 aromatic heterocycles. The Kier molecular flexibility index (Phi) is 7.72. The molecule has 4 heterocycles. The molecule has 10 nitrogen and oxygen atoms in total. The predicted molar refractivity (Wildman–Crippen MR) is 149 cm³/mol. The summed E-state index contributed by atoms with van der Waals surface area (Å²) in [5, 5.41) is 1.14. The first kappa shape index (κ1) is 29.9. The number of halogens is 3. The second kappa shape index (κ2) is 11.4. The minimum atomic E-state index is -1.47. The predicted octanol–water partition coefficient (Wildman–Crippen LogP) is 3.28. The first-order chi connectivity index (χ1) is 21.1. The van der Waals surface area contributed by atoms with Crippen LogP contribution in [-0.4, -0.2) is 57.9 Å². The number of nitrogens with two attached hydrogens (primary N) is 1. The molecular formula is C31H31F3N4O6. The van der Waals surface area contributed by atoms with E-state index < -0.39 is 70.6 Å². The number of nitrogens with zero attached hydrogens (tertiary/aromatic N) is 3. The first-order valence-corrected chi connectivity index (χ1v) is 14.2. The highest BCUT2D eigenvalue weighted by Crippen LogP contribution is 2.52. The third-order valence-electron chi connectivity index (χ3n) is 8.88. The number of benzene rings is 2. The monoisotopic (exact) mass is 612 g/mol. The SMILES string of the molecule is COC1C(C(N)=O)[C@]2(CC[C@H](C)N3C[C@H]2n2ccc(=O)c(OCc4ccccc4)c2C3=O)ON1Cc1c(F)cc(F)cc1F. The molecule has 5 atom stereocenters. The van der Waals surface area contributed by atoms with Gasteiger partial charge in [0.2, 0.25) is 11.3 Å². The summed E-state index contributed by atoms with van der Waals surface area (Å²) in [6, 6.07) is 10.4. The van der Waals surface area contributed by atoms with Gasteiger partial charge in [0.1, 0.15) is 41.8 Å². The van der Waals surface area contributed by atoms with Gasteiger partial charge in [-0.25, -0.2) is 13.2 Å². The molecule has 2 fully saturated rings. The highest BCUT2D eigenvalue weighted by Gasteiger charge is 2.64. The van der Waals surface area contributed by atoms with Crippen LogP contribution in [0.5, 0.6) is 5.75 Å². The van der Waals surface area contributed by atoms with Crippen molar-refractivity contribution in [3.05, 3.63) is 99.2 Å². The van der Waals surface area contributed by atoms with Gasteiger partial charge in [-0.05, 0) is 25.3 Å². The summed E-state index contributed by atoms with van der Waals surface area (Å²) in [5.74, 6) is -5.89. The van der Waals surface area contributed by atoms with E-state index >= 15 is 0 Å². The van der Waals surface area contributed by atoms with Crippen LogP contribution >= 0.6 is 0 Å². The average molecular weight is 613 g/mol. The molecule has 2 unspecified atom stereocenters. The Morgan fingerprint density at radius 3 is 2.48 bits per heavy atom. The quantitative estimate of drug-likeness (QED) is 0.436. The Labute approximate surface area is 250 Å². The van der Waals surface area contributed by atoms with E-state index in [1.54, 1.807) is 9.47 Å². The summed E-state index contributed by atoms with van der Waals surface area (Å²) in [6.07, 6.45) is 0.837. The van der Waals surface area contributed by atoms with Crippen molar-refractivity contribution in [2.75, 3.05) is 13.7 Å². The van der Waals surface area contributed by atoms with E-state index in [2.05, 4.69) is 0 Å². The number of carbonyl (C=O) groups excluding carboxylic acids is 2. The number of hydrogen-bond donors (Lipinski definition) is 1. The van der Waals surface area contributed by atoms with Gasteiger partial charge in [-0.3, -0.25) is 19.2 Å². The number of amides is 2. The lowest BCUT2D eigenvalue weighted by molar-refractivity contribution is -0.253. The van der Waals surface area contributed by atoms with Gasteiger partial charge in [0, 0.05) is 49.7 Å². The zero-order valence-electron chi connectivity index (χ0n) is 24.0. The summed E-state index contributed by atoms with van der Waals surface area (Å²) in [5.41, 5.74) is 4.30. The molecule has 3 aromatic rings. The van der Waals surface area contributed by atoms with Crippen LogP contribution in [0.25, 0.3) is 0 Å². The van der Waals surface area contributed by atoms with E-state index in [1.807, 2.05) is 37.3 Å².